The van der Waals surface area contributed by atoms with Crippen LogP contribution in [0.25, 0.3) is 32.4 Å². The predicted octanol–water partition coefficient (Wildman–Crippen LogP) is 7.29. The van der Waals surface area contributed by atoms with Crippen molar-refractivity contribution in [3.8, 4) is 11.1 Å². The van der Waals surface area contributed by atoms with Crippen molar-refractivity contribution in [1.82, 2.24) is 34.8 Å². The number of para-hydroxylation sites is 1. The lowest BCUT2D eigenvalue weighted by Crippen LogP contribution is -2.37. The topological polar surface area (TPSA) is 169 Å². The number of halogens is 8. The summed E-state index contributed by atoms with van der Waals surface area (Å²) in [6.45, 7) is 1.93. The van der Waals surface area contributed by atoms with E-state index < -0.39 is 100 Å². The first-order valence-electron chi connectivity index (χ1n) is 18.0. The average Bonchev–Trinajstić information content (AvgIpc) is 3.81. The molecule has 23 heteroatoms. The van der Waals surface area contributed by atoms with Crippen molar-refractivity contribution in [2.75, 3.05) is 22.8 Å². The van der Waals surface area contributed by atoms with Crippen molar-refractivity contribution in [3.05, 3.63) is 82.3 Å². The molecule has 1 aliphatic rings. The maximum atomic E-state index is 15.3. The van der Waals surface area contributed by atoms with Crippen LogP contribution in [0.3, 0.4) is 0 Å². The van der Waals surface area contributed by atoms with E-state index in [0.717, 1.165) is 29.7 Å². The normalized spacial score (nSPS) is 15.7. The number of hydrogen-bond acceptors (Lipinski definition) is 10. The molecule has 0 saturated heterocycles. The van der Waals surface area contributed by atoms with Gasteiger partial charge in [0, 0.05) is 49.0 Å². The van der Waals surface area contributed by atoms with Crippen LogP contribution in [0, 0.1) is 11.6 Å². The zero-order chi connectivity index (χ0) is 43.7. The van der Waals surface area contributed by atoms with Gasteiger partial charge in [0.25, 0.3) is 18.3 Å². The summed E-state index contributed by atoms with van der Waals surface area (Å²) in [5.74, 6) is -11.4. The molecule has 0 unspecified atom stereocenters. The molecule has 0 saturated carbocycles. The molecular weight excluding hydrogens is 851 g/mol. The summed E-state index contributed by atoms with van der Waals surface area (Å²) >= 11 is 1.13. The van der Waals surface area contributed by atoms with Crippen LogP contribution in [0.4, 0.5) is 46.1 Å². The summed E-state index contributed by atoms with van der Waals surface area (Å²) in [5.41, 5.74) is -4.99. The molecule has 0 radical (unpaired) electrons. The molecule has 60 heavy (non-hydrogen) atoms. The summed E-state index contributed by atoms with van der Waals surface area (Å²) in [7, 11) is -2.29. The van der Waals surface area contributed by atoms with E-state index in [-0.39, 0.29) is 39.5 Å². The van der Waals surface area contributed by atoms with E-state index >= 15 is 8.78 Å². The van der Waals surface area contributed by atoms with Gasteiger partial charge in [0.2, 0.25) is 15.9 Å². The van der Waals surface area contributed by atoms with Gasteiger partial charge in [-0.3, -0.25) is 18.9 Å². The number of nitrogens with zero attached hydrogens (tertiary/aromatic N) is 6. The predicted molar refractivity (Wildman–Crippen MR) is 206 cm³/mol. The number of sulfonamides is 1. The van der Waals surface area contributed by atoms with Crippen molar-refractivity contribution in [3.63, 3.8) is 0 Å². The summed E-state index contributed by atoms with van der Waals surface area (Å²) in [4.78, 5) is 23.2. The minimum atomic E-state index is -4.10. The number of aryl methyl sites for hydroxylation is 1. The van der Waals surface area contributed by atoms with Crippen LogP contribution in [0.5, 0.6) is 0 Å². The minimum Gasteiger partial charge on any atom is -0.389 e. The summed E-state index contributed by atoms with van der Waals surface area (Å²) in [6.07, 6.45) is -6.04. The second kappa shape index (κ2) is 15.2. The number of aromatic nitrogens is 6. The standard InChI is InChI=1S/C37H35F8N9O4S2/c1-35(2,56)16-46-34-49-33-24(59-34)14-22(20-6-5-7-21-29(20)53(3)51-32(21)52-60(4,57)58)27(48-33)23(12-17-10-18(38)13-19(39)11-17)47-25(55)15-54-30-26(28(50-54)31(40)41)36(42,43)8-9-37(30,44)45/h5-7,10-11,13-14,23,31,56H,8-9,12,15-16H2,1-4H3,(H,47,55)(H,51,52)(H,46,48,49)/t23-/m0/s1. The number of rotatable bonds is 13. The SMILES string of the molecule is Cn1nc(NS(C)(=O)=O)c2cccc(-c3cc4sc(NCC(C)(C)O)nc4nc3[C@H](Cc3cc(F)cc(F)c3)NC(=O)Cn3nc(C(F)F)c4c3C(F)(F)CCC4(F)F)c21. The number of hydrogen-bond donors (Lipinski definition) is 4. The Morgan fingerprint density at radius 2 is 1.67 bits per heavy atom. The highest BCUT2D eigenvalue weighted by atomic mass is 32.2. The number of thiazole rings is 1. The van der Waals surface area contributed by atoms with Crippen LogP contribution in [0.1, 0.15) is 67.4 Å². The Balaban J connectivity index is 1.41. The molecule has 1 amide bonds. The fourth-order valence-corrected chi connectivity index (χ4v) is 8.47. The van der Waals surface area contributed by atoms with E-state index in [1.165, 1.54) is 11.7 Å². The molecule has 1 atom stereocenters. The third kappa shape index (κ3) is 8.73. The molecule has 0 spiro atoms. The first-order chi connectivity index (χ1) is 27.9. The van der Waals surface area contributed by atoms with Crippen LogP contribution < -0.4 is 15.4 Å². The minimum absolute atomic E-state index is 0.0289. The van der Waals surface area contributed by atoms with Gasteiger partial charge in [-0.15, -0.1) is 0 Å². The number of pyridine rings is 1. The molecule has 2 aromatic carbocycles. The molecule has 0 fully saturated rings. The average molecular weight is 886 g/mol. The Morgan fingerprint density at radius 3 is 2.32 bits per heavy atom. The first-order valence-corrected chi connectivity index (χ1v) is 20.7. The number of benzene rings is 2. The second-order valence-corrected chi connectivity index (χ2v) is 17.8. The maximum absolute atomic E-state index is 15.3. The van der Waals surface area contributed by atoms with E-state index in [4.69, 9.17) is 4.98 Å². The Bertz CT molecular complexity index is 2750. The van der Waals surface area contributed by atoms with Crippen LogP contribution in [-0.4, -0.2) is 67.4 Å². The van der Waals surface area contributed by atoms with Crippen molar-refractivity contribution >= 4 is 59.5 Å². The number of aliphatic hydroxyl groups is 1. The van der Waals surface area contributed by atoms with Gasteiger partial charge in [0.1, 0.15) is 29.6 Å². The van der Waals surface area contributed by atoms with Gasteiger partial charge in [0.05, 0.1) is 39.4 Å². The number of alkyl halides is 6. The lowest BCUT2D eigenvalue weighted by Gasteiger charge is -2.29. The number of anilines is 2. The molecular formula is C37H35F8N9O4S2. The third-order valence-corrected chi connectivity index (χ3v) is 11.0. The molecule has 0 aliphatic heterocycles. The fourth-order valence-electron chi connectivity index (χ4n) is 7.13. The monoisotopic (exact) mass is 885 g/mol. The molecule has 4 heterocycles. The van der Waals surface area contributed by atoms with E-state index in [0.29, 0.717) is 32.4 Å². The molecule has 7 rings (SSSR count). The van der Waals surface area contributed by atoms with Crippen LogP contribution in [0.15, 0.2) is 42.5 Å². The van der Waals surface area contributed by atoms with E-state index in [1.54, 1.807) is 38.1 Å². The van der Waals surface area contributed by atoms with Crippen molar-refractivity contribution < 1.29 is 53.4 Å². The van der Waals surface area contributed by atoms with Gasteiger partial charge in [-0.05, 0) is 50.1 Å². The summed E-state index contributed by atoms with van der Waals surface area (Å²) < 4.78 is 146. The maximum Gasteiger partial charge on any atom is 0.290 e. The molecule has 1 aliphatic carbocycles. The molecule has 13 nitrogen and oxygen atoms in total. The summed E-state index contributed by atoms with van der Waals surface area (Å²) in [6, 6.07) is 7.52. The third-order valence-electron chi connectivity index (χ3n) is 9.49. The van der Waals surface area contributed by atoms with E-state index in [9.17, 15) is 44.7 Å². The lowest BCUT2D eigenvalue weighted by molar-refractivity contribution is -0.123. The molecule has 6 aromatic rings. The van der Waals surface area contributed by atoms with E-state index in [2.05, 4.69) is 30.5 Å². The Hall–Kier alpha value is -5.42. The van der Waals surface area contributed by atoms with Gasteiger partial charge in [0.15, 0.2) is 16.6 Å². The summed E-state index contributed by atoms with van der Waals surface area (Å²) in [5, 5.41) is 24.2. The second-order valence-electron chi connectivity index (χ2n) is 15.1. The quantitative estimate of drug-likeness (QED) is 0.0871. The van der Waals surface area contributed by atoms with Gasteiger partial charge in [-0.1, -0.05) is 23.5 Å². The highest BCUT2D eigenvalue weighted by Crippen LogP contribution is 2.52. The van der Waals surface area contributed by atoms with Crippen LogP contribution in [-0.2, 0) is 46.7 Å². The van der Waals surface area contributed by atoms with Gasteiger partial charge in [-0.25, -0.2) is 44.7 Å². The number of carbonyl (C=O) groups excluding carboxylic acids is 1. The Morgan fingerprint density at radius 1 is 0.983 bits per heavy atom. The van der Waals surface area contributed by atoms with Crippen molar-refractivity contribution in [2.45, 2.75) is 69.6 Å². The molecule has 320 valence electrons. The number of nitrogens with one attached hydrogen (secondary N) is 3. The van der Waals surface area contributed by atoms with Gasteiger partial charge >= 0.3 is 0 Å². The highest BCUT2D eigenvalue weighted by Gasteiger charge is 2.55. The number of carbonyl (C=O) groups is 1. The lowest BCUT2D eigenvalue weighted by atomic mass is 9.89. The molecule has 4 N–H and O–H groups in total. The van der Waals surface area contributed by atoms with Crippen LogP contribution >= 0.6 is 11.3 Å². The number of amides is 1. The van der Waals surface area contributed by atoms with Crippen molar-refractivity contribution in [1.29, 1.82) is 0 Å². The Kier molecular flexibility index (Phi) is 10.8. The zero-order valence-corrected chi connectivity index (χ0v) is 33.6. The van der Waals surface area contributed by atoms with Crippen molar-refractivity contribution in [2.24, 2.45) is 7.05 Å². The van der Waals surface area contributed by atoms with Gasteiger partial charge in [-0.2, -0.15) is 19.0 Å². The van der Waals surface area contributed by atoms with E-state index in [1.807, 2.05) is 0 Å². The van der Waals surface area contributed by atoms with Gasteiger partial charge < -0.3 is 15.7 Å². The highest BCUT2D eigenvalue weighted by molar-refractivity contribution is 7.92. The first kappa shape index (κ1) is 42.7. The zero-order valence-electron chi connectivity index (χ0n) is 31.9. The van der Waals surface area contributed by atoms with Crippen LogP contribution in [0.2, 0.25) is 0 Å². The number of fused-ring (bicyclic) bond motifs is 3. The molecule has 0 bridgehead atoms. The largest absolute Gasteiger partial charge is 0.389 e. The molecule has 4 aromatic heterocycles. The Labute approximate surface area is 339 Å². The fraction of sp³-hybridized carbons (Fsp3) is 0.378. The smallest absolute Gasteiger partial charge is 0.290 e.